The first-order valence-electron chi connectivity index (χ1n) is 15.6. The molecule has 0 saturated carbocycles. The zero-order chi connectivity index (χ0) is 35.7. The van der Waals surface area contributed by atoms with E-state index in [9.17, 15) is 9.18 Å². The molecule has 1 unspecified atom stereocenters. The normalized spacial score (nSPS) is 19.1. The predicted molar refractivity (Wildman–Crippen MR) is 168 cm³/mol. The quantitative estimate of drug-likeness (QED) is 0.107. The van der Waals surface area contributed by atoms with Crippen LogP contribution in [0.2, 0.25) is 0 Å². The second-order valence-electron chi connectivity index (χ2n) is 14.4. The van der Waals surface area contributed by atoms with Crippen molar-refractivity contribution in [3.05, 3.63) is 104 Å². The summed E-state index contributed by atoms with van der Waals surface area (Å²) in [6, 6.07) is 7.81. The minimum absolute atomic E-state index is 0.00947. The maximum absolute atomic E-state index is 16.2. The van der Waals surface area contributed by atoms with Crippen LogP contribution in [0.4, 0.5) is 26.3 Å². The highest BCUT2D eigenvalue weighted by molar-refractivity contribution is 6.10. The van der Waals surface area contributed by atoms with E-state index >= 15 is 22.0 Å². The molecular formula is C38H32F6O5. The summed E-state index contributed by atoms with van der Waals surface area (Å²) in [5.41, 5.74) is 2.01. The van der Waals surface area contributed by atoms with Crippen LogP contribution in [-0.2, 0) is 16.2 Å². The van der Waals surface area contributed by atoms with Gasteiger partial charge in [0.25, 0.3) is 0 Å². The van der Waals surface area contributed by atoms with Crippen molar-refractivity contribution in [2.45, 2.75) is 70.6 Å². The van der Waals surface area contributed by atoms with Gasteiger partial charge in [0, 0.05) is 5.41 Å². The first-order valence-corrected chi connectivity index (χ1v) is 15.6. The van der Waals surface area contributed by atoms with E-state index in [2.05, 4.69) is 58.4 Å². The number of rotatable bonds is 4. The monoisotopic (exact) mass is 682 g/mol. The molecule has 0 aromatic heterocycles. The molecule has 4 aromatic carbocycles. The van der Waals surface area contributed by atoms with Gasteiger partial charge in [-0.2, -0.15) is 8.78 Å². The molecule has 1 aliphatic heterocycles. The van der Waals surface area contributed by atoms with Crippen molar-refractivity contribution >= 4 is 5.78 Å². The number of ether oxygens (including phenoxy) is 4. The Bertz CT molecular complexity index is 2170. The minimum atomic E-state index is -2.12. The van der Waals surface area contributed by atoms with E-state index in [-0.39, 0.29) is 16.9 Å². The Morgan fingerprint density at radius 3 is 1.55 bits per heavy atom. The number of methoxy groups -OCH3 is 2. The molecule has 0 N–H and O–H groups in total. The summed E-state index contributed by atoms with van der Waals surface area (Å²) >= 11 is 0. The number of benzene rings is 4. The third-order valence-electron chi connectivity index (χ3n) is 10.5. The molecule has 0 bridgehead atoms. The molecule has 0 amide bonds. The number of hydrogen-bond acceptors (Lipinski definition) is 5. The van der Waals surface area contributed by atoms with Crippen molar-refractivity contribution in [2.75, 3.05) is 14.2 Å². The number of ketones is 1. The van der Waals surface area contributed by atoms with Gasteiger partial charge in [0.2, 0.25) is 40.4 Å². The summed E-state index contributed by atoms with van der Waals surface area (Å²) in [5.74, 6) is -17.7. The first kappa shape index (κ1) is 32.9. The van der Waals surface area contributed by atoms with Gasteiger partial charge in [0.05, 0.1) is 14.2 Å². The molecule has 0 fully saturated rings. The lowest BCUT2D eigenvalue weighted by molar-refractivity contribution is 0.101. The van der Waals surface area contributed by atoms with Crippen LogP contribution in [0.25, 0.3) is 0 Å². The molecule has 7 rings (SSSR count). The van der Waals surface area contributed by atoms with Crippen LogP contribution in [0, 0.1) is 48.8 Å². The largest absolute Gasteiger partial charge is 0.490 e. The predicted octanol–water partition coefficient (Wildman–Crippen LogP) is 9.93. The van der Waals surface area contributed by atoms with E-state index < -0.39 is 85.6 Å². The standard InChI is InChI=1S/C38H32F6O5/c1-15-9-17-19(10-16(15)2)38(13-36(17,3)4)14-37(5,6)18-11-21-22(12-20(18)38)48-34-28(42)24(26(40)30(44)35(34)49-21)31(45)23-25(39)29(43)33(47-8)32(46-7)27(23)41/h9-12H,13-14H2,1-8H3. The first-order chi connectivity index (χ1) is 22.9. The zero-order valence-electron chi connectivity index (χ0n) is 28.0. The lowest BCUT2D eigenvalue weighted by atomic mass is 9.72. The average molecular weight is 683 g/mol. The second kappa shape index (κ2) is 10.4. The van der Waals surface area contributed by atoms with E-state index in [1.807, 2.05) is 0 Å². The van der Waals surface area contributed by atoms with Crippen LogP contribution in [0.5, 0.6) is 34.5 Å². The SMILES string of the molecule is COc1c(F)c(F)c(C(=O)c2c(F)c(F)c3c(c2F)Oc2cc4c(cc2O3)C(C)(C)CC42CC(C)(C)c3cc(C)c(C)cc32)c(F)c1OC. The Hall–Kier alpha value is -4.67. The van der Waals surface area contributed by atoms with Gasteiger partial charge >= 0.3 is 0 Å². The molecule has 49 heavy (non-hydrogen) atoms. The van der Waals surface area contributed by atoms with Gasteiger partial charge in [0.15, 0.2) is 34.8 Å². The molecule has 1 atom stereocenters. The van der Waals surface area contributed by atoms with Crippen LogP contribution in [0.3, 0.4) is 0 Å². The molecule has 0 radical (unpaired) electrons. The van der Waals surface area contributed by atoms with Crippen molar-refractivity contribution in [3.63, 3.8) is 0 Å². The lowest BCUT2D eigenvalue weighted by Crippen LogP contribution is -2.27. The van der Waals surface area contributed by atoms with Gasteiger partial charge in [-0.15, -0.1) is 0 Å². The van der Waals surface area contributed by atoms with Crippen LogP contribution in [0.15, 0.2) is 24.3 Å². The molecule has 3 aliphatic rings. The highest BCUT2D eigenvalue weighted by Gasteiger charge is 2.57. The molecule has 1 spiro atoms. The summed E-state index contributed by atoms with van der Waals surface area (Å²) < 4.78 is 113. The van der Waals surface area contributed by atoms with Gasteiger partial charge in [-0.05, 0) is 83.0 Å². The average Bonchev–Trinajstić information content (AvgIpc) is 3.38. The number of carbonyl (C=O) groups excluding carboxylic acids is 1. The highest BCUT2D eigenvalue weighted by Crippen LogP contribution is 2.65. The summed E-state index contributed by atoms with van der Waals surface area (Å²) in [6.45, 7) is 12.7. The Labute approximate surface area is 278 Å². The minimum Gasteiger partial charge on any atom is -0.490 e. The molecule has 4 aromatic rings. The Morgan fingerprint density at radius 2 is 1.00 bits per heavy atom. The Morgan fingerprint density at radius 1 is 0.592 bits per heavy atom. The van der Waals surface area contributed by atoms with Crippen molar-refractivity contribution in [3.8, 4) is 34.5 Å². The Kier molecular flexibility index (Phi) is 6.99. The van der Waals surface area contributed by atoms with Crippen molar-refractivity contribution in [2.24, 2.45) is 0 Å². The molecule has 5 nitrogen and oxygen atoms in total. The molecule has 2 aliphatic carbocycles. The third kappa shape index (κ3) is 4.29. The van der Waals surface area contributed by atoms with Crippen molar-refractivity contribution in [1.82, 2.24) is 0 Å². The fourth-order valence-electron chi connectivity index (χ4n) is 8.26. The number of aryl methyl sites for hydroxylation is 2. The van der Waals surface area contributed by atoms with Crippen molar-refractivity contribution < 1.29 is 50.1 Å². The number of halogens is 6. The van der Waals surface area contributed by atoms with Gasteiger partial charge in [-0.3, -0.25) is 4.79 Å². The smallest absolute Gasteiger partial charge is 0.211 e. The Balaban J connectivity index is 1.39. The lowest BCUT2D eigenvalue weighted by Gasteiger charge is -2.31. The summed E-state index contributed by atoms with van der Waals surface area (Å²) in [4.78, 5) is 13.4. The zero-order valence-corrected chi connectivity index (χ0v) is 28.0. The second-order valence-corrected chi connectivity index (χ2v) is 14.4. The van der Waals surface area contributed by atoms with E-state index in [0.717, 1.165) is 43.8 Å². The van der Waals surface area contributed by atoms with Gasteiger partial charge < -0.3 is 18.9 Å². The summed E-state index contributed by atoms with van der Waals surface area (Å²) in [6.07, 6.45) is 1.48. The number of hydrogen-bond donors (Lipinski definition) is 0. The van der Waals surface area contributed by atoms with E-state index in [1.165, 1.54) is 16.7 Å². The van der Waals surface area contributed by atoms with Gasteiger partial charge in [0.1, 0.15) is 11.1 Å². The number of fused-ring (bicyclic) bond motifs is 6. The van der Waals surface area contributed by atoms with E-state index in [0.29, 0.717) is 0 Å². The molecule has 11 heteroatoms. The topological polar surface area (TPSA) is 54.0 Å². The maximum Gasteiger partial charge on any atom is 0.211 e. The highest BCUT2D eigenvalue weighted by atomic mass is 19.2. The van der Waals surface area contributed by atoms with Crippen molar-refractivity contribution in [1.29, 1.82) is 0 Å². The third-order valence-corrected chi connectivity index (χ3v) is 10.5. The van der Waals surface area contributed by atoms with Gasteiger partial charge in [-0.1, -0.05) is 39.8 Å². The molecular weight excluding hydrogens is 650 g/mol. The van der Waals surface area contributed by atoms with Crippen LogP contribution in [0.1, 0.15) is 89.8 Å². The fraction of sp³-hybridized carbons (Fsp3) is 0.342. The molecule has 0 saturated heterocycles. The van der Waals surface area contributed by atoms with E-state index in [4.69, 9.17) is 14.2 Å². The maximum atomic E-state index is 16.2. The number of carbonyl (C=O) groups is 1. The summed E-state index contributed by atoms with van der Waals surface area (Å²) in [5, 5.41) is 0. The molecule has 1 heterocycles. The van der Waals surface area contributed by atoms with Gasteiger partial charge in [-0.25, -0.2) is 17.6 Å². The van der Waals surface area contributed by atoms with E-state index in [1.54, 1.807) is 12.1 Å². The molecule has 256 valence electrons. The van der Waals surface area contributed by atoms with Crippen LogP contribution >= 0.6 is 0 Å². The van der Waals surface area contributed by atoms with Crippen LogP contribution < -0.4 is 18.9 Å². The fourth-order valence-corrected chi connectivity index (χ4v) is 8.26. The van der Waals surface area contributed by atoms with Crippen LogP contribution in [-0.4, -0.2) is 20.0 Å². The summed E-state index contributed by atoms with van der Waals surface area (Å²) in [7, 11) is 1.77.